The van der Waals surface area contributed by atoms with Crippen LogP contribution in [0, 0.1) is 34.6 Å². The molecule has 0 unspecified atom stereocenters. The van der Waals surface area contributed by atoms with Crippen molar-refractivity contribution < 1.29 is 0 Å². The van der Waals surface area contributed by atoms with Crippen molar-refractivity contribution in [1.29, 1.82) is 0 Å². The molecule has 0 saturated heterocycles. The lowest BCUT2D eigenvalue weighted by molar-refractivity contribution is 0.932. The normalized spacial score (nSPS) is 13.4. The van der Waals surface area contributed by atoms with Gasteiger partial charge in [-0.2, -0.15) is 0 Å². The van der Waals surface area contributed by atoms with Gasteiger partial charge < -0.3 is 5.32 Å². The van der Waals surface area contributed by atoms with Crippen molar-refractivity contribution in [2.24, 2.45) is 0 Å². The minimum absolute atomic E-state index is 1.02. The number of hydrogen-bond acceptors (Lipinski definition) is 1. The van der Waals surface area contributed by atoms with E-state index < -0.39 is 0 Å². The maximum atomic E-state index is 3.55. The Morgan fingerprint density at radius 2 is 1.21 bits per heavy atom. The number of allylic oxidation sites excluding steroid dienone is 7. The van der Waals surface area contributed by atoms with Gasteiger partial charge in [0.1, 0.15) is 0 Å². The first-order chi connectivity index (χ1) is 16.4. The van der Waals surface area contributed by atoms with E-state index in [1.807, 2.05) is 0 Å². The first-order valence-corrected chi connectivity index (χ1v) is 12.1. The second-order valence-corrected chi connectivity index (χ2v) is 9.62. The van der Waals surface area contributed by atoms with Gasteiger partial charge in [-0.1, -0.05) is 101 Å². The van der Waals surface area contributed by atoms with Crippen LogP contribution in [0.3, 0.4) is 0 Å². The fraction of sp³-hybridized carbons (Fsp3) is 0.212. The number of rotatable bonds is 6. The van der Waals surface area contributed by atoms with Gasteiger partial charge in [0.25, 0.3) is 0 Å². The molecule has 0 aliphatic heterocycles. The first-order valence-electron chi connectivity index (χ1n) is 12.1. The van der Waals surface area contributed by atoms with Gasteiger partial charge in [-0.15, -0.1) is 0 Å². The average Bonchev–Trinajstić information content (AvgIpc) is 2.78. The number of anilines is 1. The summed E-state index contributed by atoms with van der Waals surface area (Å²) in [6.07, 6.45) is 13.2. The van der Waals surface area contributed by atoms with Gasteiger partial charge in [0.2, 0.25) is 0 Å². The molecule has 0 heterocycles. The Hall–Kier alpha value is -3.58. The molecule has 0 atom stereocenters. The SMILES string of the molecule is Cc1ccc(NC2=CC=C(C=CC=C(c3cc(C)cc(C)c3)c3cc(C)cc(C)c3)CC2)cc1. The molecule has 1 heteroatoms. The number of benzene rings is 3. The Morgan fingerprint density at radius 3 is 1.71 bits per heavy atom. The summed E-state index contributed by atoms with van der Waals surface area (Å²) in [5.41, 5.74) is 14.0. The number of nitrogens with one attached hydrogen (secondary N) is 1. The van der Waals surface area contributed by atoms with Gasteiger partial charge in [0.05, 0.1) is 0 Å². The molecular weight excluding hydrogens is 410 g/mol. The third kappa shape index (κ3) is 6.26. The van der Waals surface area contributed by atoms with Crippen LogP contribution < -0.4 is 5.32 Å². The third-order valence-electron chi connectivity index (χ3n) is 6.18. The van der Waals surface area contributed by atoms with Gasteiger partial charge in [0.15, 0.2) is 0 Å². The quantitative estimate of drug-likeness (QED) is 0.373. The molecule has 0 bridgehead atoms. The maximum absolute atomic E-state index is 3.55. The molecule has 0 spiro atoms. The smallest absolute Gasteiger partial charge is 0.0381 e. The highest BCUT2D eigenvalue weighted by molar-refractivity contribution is 5.82. The summed E-state index contributed by atoms with van der Waals surface area (Å²) in [6.45, 7) is 10.8. The molecule has 1 aliphatic carbocycles. The monoisotopic (exact) mass is 445 g/mol. The molecule has 3 aromatic rings. The lowest BCUT2D eigenvalue weighted by atomic mass is 9.92. The molecule has 1 N–H and O–H groups in total. The van der Waals surface area contributed by atoms with Crippen LogP contribution >= 0.6 is 0 Å². The summed E-state index contributed by atoms with van der Waals surface area (Å²) in [6, 6.07) is 22.2. The van der Waals surface area contributed by atoms with Crippen LogP contribution in [0.1, 0.15) is 51.8 Å². The van der Waals surface area contributed by atoms with Crippen molar-refractivity contribution >= 4 is 11.3 Å². The molecule has 0 radical (unpaired) electrons. The summed E-state index contributed by atoms with van der Waals surface area (Å²) >= 11 is 0. The number of aryl methyl sites for hydroxylation is 5. The molecule has 0 fully saturated rings. The van der Waals surface area contributed by atoms with Crippen LogP contribution in [0.4, 0.5) is 5.69 Å². The van der Waals surface area contributed by atoms with E-state index in [-0.39, 0.29) is 0 Å². The van der Waals surface area contributed by atoms with Gasteiger partial charge in [-0.3, -0.25) is 0 Å². The van der Waals surface area contributed by atoms with Crippen LogP contribution in [0.25, 0.3) is 5.57 Å². The zero-order valence-electron chi connectivity index (χ0n) is 21.1. The van der Waals surface area contributed by atoms with Crippen LogP contribution in [0.15, 0.2) is 102 Å². The third-order valence-corrected chi connectivity index (χ3v) is 6.18. The first kappa shape index (κ1) is 23.6. The maximum Gasteiger partial charge on any atom is 0.0381 e. The van der Waals surface area contributed by atoms with E-state index in [0.717, 1.165) is 18.5 Å². The lowest BCUT2D eigenvalue weighted by Gasteiger charge is -2.15. The van der Waals surface area contributed by atoms with Crippen LogP contribution in [-0.4, -0.2) is 0 Å². The van der Waals surface area contributed by atoms with Crippen LogP contribution in [-0.2, 0) is 0 Å². The topological polar surface area (TPSA) is 12.0 Å². The largest absolute Gasteiger partial charge is 0.359 e. The Balaban J connectivity index is 1.58. The van der Waals surface area contributed by atoms with E-state index in [1.54, 1.807) is 0 Å². The van der Waals surface area contributed by atoms with Crippen molar-refractivity contribution in [2.75, 3.05) is 5.32 Å². The highest BCUT2D eigenvalue weighted by atomic mass is 14.9. The Morgan fingerprint density at radius 1 is 0.647 bits per heavy atom. The highest BCUT2D eigenvalue weighted by Crippen LogP contribution is 2.28. The van der Waals surface area contributed by atoms with Crippen LogP contribution in [0.5, 0.6) is 0 Å². The molecule has 0 saturated carbocycles. The molecule has 1 nitrogen and oxygen atoms in total. The molecule has 0 amide bonds. The Bertz CT molecular complexity index is 1200. The average molecular weight is 446 g/mol. The van der Waals surface area contributed by atoms with Crippen molar-refractivity contribution in [1.82, 2.24) is 0 Å². The van der Waals surface area contributed by atoms with Crippen LogP contribution in [0.2, 0.25) is 0 Å². The molecular formula is C33H35N. The van der Waals surface area contributed by atoms with E-state index in [0.29, 0.717) is 0 Å². The summed E-state index contributed by atoms with van der Waals surface area (Å²) < 4.78 is 0. The predicted octanol–water partition coefficient (Wildman–Crippen LogP) is 8.93. The molecule has 1 aliphatic rings. The van der Waals surface area contributed by atoms with Gasteiger partial charge in [-0.25, -0.2) is 0 Å². The second-order valence-electron chi connectivity index (χ2n) is 9.62. The van der Waals surface area contributed by atoms with E-state index in [1.165, 1.54) is 55.8 Å². The Labute approximate surface area is 205 Å². The van der Waals surface area contributed by atoms with E-state index in [2.05, 4.69) is 131 Å². The second kappa shape index (κ2) is 10.6. The van der Waals surface area contributed by atoms with E-state index in [9.17, 15) is 0 Å². The molecule has 0 aromatic heterocycles. The minimum Gasteiger partial charge on any atom is -0.359 e. The van der Waals surface area contributed by atoms with Gasteiger partial charge in [0, 0.05) is 11.4 Å². The summed E-state index contributed by atoms with van der Waals surface area (Å²) in [4.78, 5) is 0. The van der Waals surface area contributed by atoms with E-state index >= 15 is 0 Å². The minimum atomic E-state index is 1.02. The fourth-order valence-corrected chi connectivity index (χ4v) is 4.61. The fourth-order valence-electron chi connectivity index (χ4n) is 4.61. The zero-order valence-corrected chi connectivity index (χ0v) is 21.1. The summed E-state index contributed by atoms with van der Waals surface area (Å²) in [5, 5.41) is 3.55. The Kier molecular flexibility index (Phi) is 7.33. The number of hydrogen-bond donors (Lipinski definition) is 1. The van der Waals surface area contributed by atoms with Crippen molar-refractivity contribution in [3.63, 3.8) is 0 Å². The van der Waals surface area contributed by atoms with Crippen molar-refractivity contribution in [3.05, 3.63) is 141 Å². The van der Waals surface area contributed by atoms with Gasteiger partial charge in [-0.05, 0) is 87.9 Å². The van der Waals surface area contributed by atoms with E-state index in [4.69, 9.17) is 0 Å². The van der Waals surface area contributed by atoms with Gasteiger partial charge >= 0.3 is 0 Å². The van der Waals surface area contributed by atoms with Crippen molar-refractivity contribution in [2.45, 2.75) is 47.5 Å². The lowest BCUT2D eigenvalue weighted by Crippen LogP contribution is -2.02. The standard InChI is InChI=1S/C33H35N/c1-23-9-13-31(14-10-23)34-32-15-11-28(12-16-32)7-6-8-33(29-19-24(2)17-25(3)20-29)30-21-26(4)18-27(5)22-30/h6-11,13-15,17-22,34H,12,16H2,1-5H3. The zero-order chi connectivity index (χ0) is 24.1. The summed E-state index contributed by atoms with van der Waals surface area (Å²) in [5.74, 6) is 0. The molecule has 172 valence electrons. The van der Waals surface area contributed by atoms with Crippen molar-refractivity contribution in [3.8, 4) is 0 Å². The highest BCUT2D eigenvalue weighted by Gasteiger charge is 2.08. The molecule has 4 rings (SSSR count). The molecule has 3 aromatic carbocycles. The molecule has 34 heavy (non-hydrogen) atoms. The summed E-state index contributed by atoms with van der Waals surface area (Å²) in [7, 11) is 0. The predicted molar refractivity (Wildman–Crippen MR) is 148 cm³/mol.